The molecule has 1 aromatic carbocycles. The summed E-state index contributed by atoms with van der Waals surface area (Å²) in [6, 6.07) is 9.59. The highest BCUT2D eigenvalue weighted by atomic mass is 16.5. The van der Waals surface area contributed by atoms with Gasteiger partial charge in [-0.1, -0.05) is 29.8 Å². The maximum absolute atomic E-state index is 9.02. The van der Waals surface area contributed by atoms with Crippen molar-refractivity contribution in [3.05, 3.63) is 53.9 Å². The predicted molar refractivity (Wildman–Crippen MR) is 69.6 cm³/mol. The van der Waals surface area contributed by atoms with E-state index in [1.165, 1.54) is 11.8 Å². The van der Waals surface area contributed by atoms with Gasteiger partial charge in [-0.15, -0.1) is 0 Å². The van der Waals surface area contributed by atoms with Gasteiger partial charge in [-0.2, -0.15) is 0 Å². The second kappa shape index (κ2) is 5.66. The standard InChI is InChI=1S/C13H14BNO3/c1-10-2-4-11(5-3-10)9-18-13-6-12(14(16)17)7-15-8-13/h2-8,16-17H,9H2,1H3. The van der Waals surface area contributed by atoms with Crippen LogP contribution in [0.25, 0.3) is 0 Å². The molecule has 5 heteroatoms. The van der Waals surface area contributed by atoms with E-state index in [2.05, 4.69) is 4.98 Å². The smallest absolute Gasteiger partial charge is 0.487 e. The summed E-state index contributed by atoms with van der Waals surface area (Å²) < 4.78 is 5.54. The van der Waals surface area contributed by atoms with Gasteiger partial charge in [-0.25, -0.2) is 0 Å². The lowest BCUT2D eigenvalue weighted by molar-refractivity contribution is 0.305. The number of aromatic nitrogens is 1. The van der Waals surface area contributed by atoms with Crippen molar-refractivity contribution in [3.8, 4) is 5.75 Å². The van der Waals surface area contributed by atoms with Crippen molar-refractivity contribution in [2.45, 2.75) is 13.5 Å². The van der Waals surface area contributed by atoms with Gasteiger partial charge < -0.3 is 14.8 Å². The molecule has 18 heavy (non-hydrogen) atoms. The highest BCUT2D eigenvalue weighted by Gasteiger charge is 2.11. The van der Waals surface area contributed by atoms with Crippen molar-refractivity contribution in [1.29, 1.82) is 0 Å². The van der Waals surface area contributed by atoms with Gasteiger partial charge in [0.25, 0.3) is 0 Å². The van der Waals surface area contributed by atoms with E-state index < -0.39 is 7.12 Å². The van der Waals surface area contributed by atoms with Crippen molar-refractivity contribution < 1.29 is 14.8 Å². The number of hydrogen-bond donors (Lipinski definition) is 2. The van der Waals surface area contributed by atoms with Crippen molar-refractivity contribution >= 4 is 12.6 Å². The number of pyridine rings is 1. The van der Waals surface area contributed by atoms with Crippen LogP contribution in [0.4, 0.5) is 0 Å². The highest BCUT2D eigenvalue weighted by molar-refractivity contribution is 6.58. The van der Waals surface area contributed by atoms with Crippen LogP contribution in [-0.4, -0.2) is 22.2 Å². The van der Waals surface area contributed by atoms with Crippen LogP contribution in [0.3, 0.4) is 0 Å². The largest absolute Gasteiger partial charge is 0.490 e. The zero-order valence-electron chi connectivity index (χ0n) is 10.1. The molecule has 0 saturated heterocycles. The lowest BCUT2D eigenvalue weighted by Gasteiger charge is -2.07. The van der Waals surface area contributed by atoms with Crippen molar-refractivity contribution in [1.82, 2.24) is 4.98 Å². The average Bonchev–Trinajstić information content (AvgIpc) is 2.38. The van der Waals surface area contributed by atoms with Crippen molar-refractivity contribution in [2.75, 3.05) is 0 Å². The second-order valence-corrected chi connectivity index (χ2v) is 4.10. The van der Waals surface area contributed by atoms with Gasteiger partial charge in [0.2, 0.25) is 0 Å². The molecular weight excluding hydrogens is 229 g/mol. The summed E-state index contributed by atoms with van der Waals surface area (Å²) in [5.74, 6) is 0.515. The van der Waals surface area contributed by atoms with E-state index in [0.29, 0.717) is 17.8 Å². The predicted octanol–water partition coefficient (Wildman–Crippen LogP) is 0.649. The minimum absolute atomic E-state index is 0.316. The van der Waals surface area contributed by atoms with E-state index in [1.54, 1.807) is 12.3 Å². The molecule has 0 spiro atoms. The van der Waals surface area contributed by atoms with Crippen LogP contribution in [0, 0.1) is 6.92 Å². The van der Waals surface area contributed by atoms with E-state index in [-0.39, 0.29) is 0 Å². The average molecular weight is 243 g/mol. The molecule has 0 radical (unpaired) electrons. The van der Waals surface area contributed by atoms with Gasteiger partial charge in [0.15, 0.2) is 0 Å². The Morgan fingerprint density at radius 3 is 2.56 bits per heavy atom. The number of aryl methyl sites for hydroxylation is 1. The van der Waals surface area contributed by atoms with Crippen LogP contribution < -0.4 is 10.2 Å². The minimum Gasteiger partial charge on any atom is -0.487 e. The van der Waals surface area contributed by atoms with Crippen LogP contribution in [0.2, 0.25) is 0 Å². The molecule has 0 bridgehead atoms. The third-order valence-electron chi connectivity index (χ3n) is 2.56. The van der Waals surface area contributed by atoms with Gasteiger partial charge in [0.1, 0.15) is 12.4 Å². The maximum atomic E-state index is 9.02. The van der Waals surface area contributed by atoms with Crippen LogP contribution in [0.5, 0.6) is 5.75 Å². The second-order valence-electron chi connectivity index (χ2n) is 4.10. The molecule has 0 aliphatic rings. The summed E-state index contributed by atoms with van der Waals surface area (Å²) >= 11 is 0. The number of hydrogen-bond acceptors (Lipinski definition) is 4. The lowest BCUT2D eigenvalue weighted by Crippen LogP contribution is -2.30. The fourth-order valence-electron chi connectivity index (χ4n) is 1.51. The first-order valence-electron chi connectivity index (χ1n) is 5.64. The third-order valence-corrected chi connectivity index (χ3v) is 2.56. The molecule has 4 nitrogen and oxygen atoms in total. The molecule has 1 heterocycles. The molecule has 2 rings (SSSR count). The Bertz CT molecular complexity index is 514. The molecule has 92 valence electrons. The summed E-state index contributed by atoms with van der Waals surface area (Å²) in [6.45, 7) is 2.45. The Morgan fingerprint density at radius 1 is 1.17 bits per heavy atom. The SMILES string of the molecule is Cc1ccc(COc2cncc(B(O)O)c2)cc1. The molecule has 0 amide bonds. The normalized spacial score (nSPS) is 10.2. The quantitative estimate of drug-likeness (QED) is 0.774. The molecule has 2 N–H and O–H groups in total. The van der Waals surface area contributed by atoms with Gasteiger partial charge >= 0.3 is 7.12 Å². The molecular formula is C13H14BNO3. The molecule has 0 fully saturated rings. The highest BCUT2D eigenvalue weighted by Crippen LogP contribution is 2.10. The first-order chi connectivity index (χ1) is 8.65. The van der Waals surface area contributed by atoms with Gasteiger partial charge in [0.05, 0.1) is 6.20 Å². The molecule has 0 aliphatic carbocycles. The topological polar surface area (TPSA) is 62.6 Å². The molecule has 0 atom stereocenters. The van der Waals surface area contributed by atoms with E-state index in [1.807, 2.05) is 31.2 Å². The molecule has 0 saturated carbocycles. The van der Waals surface area contributed by atoms with E-state index in [4.69, 9.17) is 14.8 Å². The zero-order chi connectivity index (χ0) is 13.0. The van der Waals surface area contributed by atoms with Crippen LogP contribution >= 0.6 is 0 Å². The molecule has 2 aromatic rings. The van der Waals surface area contributed by atoms with Gasteiger partial charge in [-0.05, 0) is 18.6 Å². The summed E-state index contributed by atoms with van der Waals surface area (Å²) in [4.78, 5) is 3.89. The van der Waals surface area contributed by atoms with Crippen molar-refractivity contribution in [3.63, 3.8) is 0 Å². The first kappa shape index (κ1) is 12.6. The fraction of sp³-hybridized carbons (Fsp3) is 0.154. The Balaban J connectivity index is 2.01. The first-order valence-corrected chi connectivity index (χ1v) is 5.64. The molecule has 1 aromatic heterocycles. The van der Waals surface area contributed by atoms with Crippen LogP contribution in [0.1, 0.15) is 11.1 Å². The van der Waals surface area contributed by atoms with Crippen LogP contribution in [0.15, 0.2) is 42.7 Å². The van der Waals surface area contributed by atoms with E-state index in [0.717, 1.165) is 5.56 Å². The lowest BCUT2D eigenvalue weighted by atomic mass is 9.82. The summed E-state index contributed by atoms with van der Waals surface area (Å²) in [7, 11) is -1.53. The maximum Gasteiger partial charge on any atom is 0.490 e. The Morgan fingerprint density at radius 2 is 1.89 bits per heavy atom. The zero-order valence-corrected chi connectivity index (χ0v) is 10.1. The fourth-order valence-corrected chi connectivity index (χ4v) is 1.51. The number of benzene rings is 1. The van der Waals surface area contributed by atoms with Gasteiger partial charge in [-0.3, -0.25) is 4.98 Å². The Kier molecular flexibility index (Phi) is 3.97. The third kappa shape index (κ3) is 3.32. The monoisotopic (exact) mass is 243 g/mol. The van der Waals surface area contributed by atoms with Crippen LogP contribution in [-0.2, 0) is 6.61 Å². The number of rotatable bonds is 4. The Hall–Kier alpha value is -1.85. The van der Waals surface area contributed by atoms with Gasteiger partial charge in [0, 0.05) is 11.7 Å². The van der Waals surface area contributed by atoms with Crippen molar-refractivity contribution in [2.24, 2.45) is 0 Å². The summed E-state index contributed by atoms with van der Waals surface area (Å²) in [6.07, 6.45) is 2.93. The number of nitrogens with zero attached hydrogens (tertiary/aromatic N) is 1. The Labute approximate surface area is 106 Å². The summed E-state index contributed by atoms with van der Waals surface area (Å²) in [5, 5.41) is 18.0. The molecule has 0 aliphatic heterocycles. The van der Waals surface area contributed by atoms with E-state index >= 15 is 0 Å². The summed E-state index contributed by atoms with van der Waals surface area (Å²) in [5.41, 5.74) is 2.57. The van der Waals surface area contributed by atoms with E-state index in [9.17, 15) is 0 Å². The minimum atomic E-state index is -1.53. The molecule has 0 unspecified atom stereocenters. The number of ether oxygens (including phenoxy) is 1.